The summed E-state index contributed by atoms with van der Waals surface area (Å²) in [5.41, 5.74) is 1.38. The van der Waals surface area contributed by atoms with Crippen molar-refractivity contribution in [1.82, 2.24) is 0 Å². The van der Waals surface area contributed by atoms with Crippen molar-refractivity contribution >= 4 is 5.78 Å². The number of halogens is 1. The average Bonchev–Trinajstić information content (AvgIpc) is 2.85. The lowest BCUT2D eigenvalue weighted by Gasteiger charge is -2.58. The second-order valence-electron chi connectivity index (χ2n) is 9.64. The lowest BCUT2D eigenvalue weighted by molar-refractivity contribution is -0.137. The Morgan fingerprint density at radius 2 is 1.92 bits per heavy atom. The van der Waals surface area contributed by atoms with E-state index in [0.29, 0.717) is 23.5 Å². The zero-order chi connectivity index (χ0) is 17.3. The first kappa shape index (κ1) is 16.8. The van der Waals surface area contributed by atoms with Crippen molar-refractivity contribution in [2.75, 3.05) is 0 Å². The lowest BCUT2D eigenvalue weighted by atomic mass is 9.47. The van der Waals surface area contributed by atoms with Gasteiger partial charge in [0.05, 0.1) is 0 Å². The van der Waals surface area contributed by atoms with E-state index in [-0.39, 0.29) is 29.6 Å². The van der Waals surface area contributed by atoms with E-state index in [0.717, 1.165) is 37.7 Å². The van der Waals surface area contributed by atoms with Crippen molar-refractivity contribution in [3.63, 3.8) is 0 Å². The van der Waals surface area contributed by atoms with Gasteiger partial charge in [-0.25, -0.2) is 4.39 Å². The van der Waals surface area contributed by atoms with Gasteiger partial charge in [-0.1, -0.05) is 25.5 Å². The molecule has 0 amide bonds. The Hall–Kier alpha value is -0.700. The van der Waals surface area contributed by atoms with Crippen molar-refractivity contribution in [1.29, 1.82) is 0 Å². The number of alkyl halides is 1. The SMILES string of the molecule is CC(=O)C1CCC2C3CC=C4CC(O)(F)CCC4(C)C3CCC12C. The Morgan fingerprint density at radius 1 is 1.17 bits per heavy atom. The molecule has 0 aromatic rings. The summed E-state index contributed by atoms with van der Waals surface area (Å²) in [6.07, 6.45) is 8.99. The van der Waals surface area contributed by atoms with Crippen molar-refractivity contribution in [2.24, 2.45) is 34.5 Å². The second kappa shape index (κ2) is 5.16. The number of carbonyl (C=O) groups excluding carboxylic acids is 1. The molecule has 0 aliphatic heterocycles. The van der Waals surface area contributed by atoms with Gasteiger partial charge in [-0.2, -0.15) is 0 Å². The Morgan fingerprint density at radius 3 is 2.62 bits per heavy atom. The zero-order valence-electron chi connectivity index (χ0n) is 15.3. The first-order valence-corrected chi connectivity index (χ1v) is 9.79. The summed E-state index contributed by atoms with van der Waals surface area (Å²) in [5.74, 6) is 0.464. The van der Waals surface area contributed by atoms with Gasteiger partial charge in [-0.05, 0) is 74.0 Å². The number of rotatable bonds is 1. The van der Waals surface area contributed by atoms with Gasteiger partial charge in [0, 0.05) is 18.8 Å². The molecule has 24 heavy (non-hydrogen) atoms. The lowest BCUT2D eigenvalue weighted by Crippen LogP contribution is -2.51. The quantitative estimate of drug-likeness (QED) is 0.699. The molecule has 0 spiro atoms. The molecule has 3 saturated carbocycles. The Balaban J connectivity index is 1.66. The van der Waals surface area contributed by atoms with Crippen LogP contribution in [0, 0.1) is 34.5 Å². The van der Waals surface area contributed by atoms with Crippen LogP contribution in [0.2, 0.25) is 0 Å². The van der Waals surface area contributed by atoms with E-state index in [1.807, 2.05) is 0 Å². The Bertz CT molecular complexity index is 595. The number of hydrogen-bond acceptors (Lipinski definition) is 2. The number of allylic oxidation sites excluding steroid dienone is 1. The standard InChI is InChI=1S/C21H31FO2/c1-13(23)16-6-7-17-15-5-4-14-12-21(22,24)11-10-19(14,2)18(15)8-9-20(16,17)3/h4,15-18,24H,5-12H2,1-3H3. The molecule has 3 fully saturated rings. The molecule has 0 bridgehead atoms. The maximum Gasteiger partial charge on any atom is 0.210 e. The molecule has 7 unspecified atom stereocenters. The summed E-state index contributed by atoms with van der Waals surface area (Å²) >= 11 is 0. The van der Waals surface area contributed by atoms with Crippen LogP contribution in [0.15, 0.2) is 11.6 Å². The van der Waals surface area contributed by atoms with Crippen LogP contribution >= 0.6 is 0 Å². The van der Waals surface area contributed by atoms with Gasteiger partial charge >= 0.3 is 0 Å². The predicted molar refractivity (Wildman–Crippen MR) is 91.9 cm³/mol. The highest BCUT2D eigenvalue weighted by Crippen LogP contribution is 2.66. The van der Waals surface area contributed by atoms with Gasteiger partial charge in [0.15, 0.2) is 0 Å². The Labute approximate surface area is 144 Å². The topological polar surface area (TPSA) is 37.3 Å². The fourth-order valence-electron chi connectivity index (χ4n) is 7.28. The molecule has 134 valence electrons. The van der Waals surface area contributed by atoms with E-state index in [2.05, 4.69) is 19.9 Å². The van der Waals surface area contributed by atoms with Gasteiger partial charge < -0.3 is 5.11 Å². The second-order valence-corrected chi connectivity index (χ2v) is 9.64. The minimum absolute atomic E-state index is 0.0525. The van der Waals surface area contributed by atoms with Crippen molar-refractivity contribution in [3.8, 4) is 0 Å². The molecule has 0 radical (unpaired) electrons. The van der Waals surface area contributed by atoms with Gasteiger partial charge in [0.1, 0.15) is 5.78 Å². The van der Waals surface area contributed by atoms with Crippen LogP contribution in [-0.2, 0) is 4.79 Å². The van der Waals surface area contributed by atoms with Crippen molar-refractivity contribution in [3.05, 3.63) is 11.6 Å². The van der Waals surface area contributed by atoms with E-state index < -0.39 is 5.85 Å². The fourth-order valence-corrected chi connectivity index (χ4v) is 7.28. The maximum atomic E-state index is 14.1. The number of aliphatic hydroxyl groups is 1. The van der Waals surface area contributed by atoms with E-state index in [9.17, 15) is 14.3 Å². The minimum Gasteiger partial charge on any atom is -0.361 e. The fraction of sp³-hybridized carbons (Fsp3) is 0.857. The molecule has 4 rings (SSSR count). The summed E-state index contributed by atoms with van der Waals surface area (Å²) in [6.45, 7) is 6.44. The van der Waals surface area contributed by atoms with Crippen LogP contribution in [-0.4, -0.2) is 16.7 Å². The molecule has 0 saturated heterocycles. The number of hydrogen-bond donors (Lipinski definition) is 1. The van der Waals surface area contributed by atoms with Crippen molar-refractivity contribution < 1.29 is 14.3 Å². The number of fused-ring (bicyclic) bond motifs is 5. The first-order chi connectivity index (χ1) is 11.2. The van der Waals surface area contributed by atoms with Crippen LogP contribution in [0.25, 0.3) is 0 Å². The summed E-state index contributed by atoms with van der Waals surface area (Å²) in [6, 6.07) is 0. The molecule has 4 aliphatic rings. The molecule has 0 aromatic heterocycles. The molecule has 7 atom stereocenters. The van der Waals surface area contributed by atoms with Gasteiger partial charge in [-0.3, -0.25) is 4.79 Å². The highest BCUT2D eigenvalue weighted by molar-refractivity contribution is 5.79. The largest absolute Gasteiger partial charge is 0.361 e. The number of ketones is 1. The van der Waals surface area contributed by atoms with Crippen molar-refractivity contribution in [2.45, 2.75) is 78.0 Å². The normalized spacial score (nSPS) is 53.6. The van der Waals surface area contributed by atoms with Crippen LogP contribution in [0.5, 0.6) is 0 Å². The predicted octanol–water partition coefficient (Wildman–Crippen LogP) is 4.81. The highest BCUT2D eigenvalue weighted by Gasteiger charge is 2.60. The summed E-state index contributed by atoms with van der Waals surface area (Å²) in [7, 11) is 0. The zero-order valence-corrected chi connectivity index (χ0v) is 15.3. The molecule has 0 aromatic carbocycles. The molecule has 2 nitrogen and oxygen atoms in total. The van der Waals surface area contributed by atoms with E-state index in [4.69, 9.17) is 0 Å². The van der Waals surface area contributed by atoms with Gasteiger partial charge in [-0.15, -0.1) is 0 Å². The van der Waals surface area contributed by atoms with E-state index in [1.165, 1.54) is 6.42 Å². The molecular formula is C21H31FO2. The maximum absolute atomic E-state index is 14.1. The molecule has 1 N–H and O–H groups in total. The smallest absolute Gasteiger partial charge is 0.210 e. The Kier molecular flexibility index (Phi) is 3.60. The van der Waals surface area contributed by atoms with Crippen LogP contribution in [0.3, 0.4) is 0 Å². The first-order valence-electron chi connectivity index (χ1n) is 9.79. The summed E-state index contributed by atoms with van der Waals surface area (Å²) in [5, 5.41) is 9.87. The highest BCUT2D eigenvalue weighted by atomic mass is 19.2. The third-order valence-electron chi connectivity index (χ3n) is 8.60. The molecule has 3 heteroatoms. The minimum atomic E-state index is -2.01. The number of carbonyl (C=O) groups is 1. The average molecular weight is 334 g/mol. The van der Waals surface area contributed by atoms with Crippen LogP contribution < -0.4 is 0 Å². The monoisotopic (exact) mass is 334 g/mol. The molecular weight excluding hydrogens is 303 g/mol. The summed E-state index contributed by atoms with van der Waals surface area (Å²) in [4.78, 5) is 12.1. The number of Topliss-reactive ketones (excluding diaryl/α,β-unsaturated/α-hetero) is 1. The van der Waals surface area contributed by atoms with E-state index in [1.54, 1.807) is 6.92 Å². The summed E-state index contributed by atoms with van der Waals surface area (Å²) < 4.78 is 14.1. The van der Waals surface area contributed by atoms with Crippen LogP contribution in [0.1, 0.15) is 72.1 Å². The third-order valence-corrected chi connectivity index (χ3v) is 8.60. The molecule has 4 aliphatic carbocycles. The van der Waals surface area contributed by atoms with Gasteiger partial charge in [0.2, 0.25) is 5.85 Å². The van der Waals surface area contributed by atoms with Crippen LogP contribution in [0.4, 0.5) is 4.39 Å². The molecule has 0 heterocycles. The third kappa shape index (κ3) is 2.19. The van der Waals surface area contributed by atoms with E-state index >= 15 is 0 Å². The van der Waals surface area contributed by atoms with Gasteiger partial charge in [0.25, 0.3) is 0 Å².